The lowest BCUT2D eigenvalue weighted by atomic mass is 10.2. The standard InChI is InChI=1S/C15H20N6O/c22-15(13-2-1-5-21(13)12-3-4-12)20-8-6-19(7-9-20)10-14-16-11-17-18-14/h1-2,5,11-12H,3-4,6-10H2,(H,16,17,18). The van der Waals surface area contributed by atoms with E-state index in [1.54, 1.807) is 0 Å². The van der Waals surface area contributed by atoms with Crippen LogP contribution in [-0.4, -0.2) is 61.6 Å². The van der Waals surface area contributed by atoms with E-state index in [2.05, 4.69) is 24.6 Å². The molecule has 0 spiro atoms. The molecule has 22 heavy (non-hydrogen) atoms. The fourth-order valence-corrected chi connectivity index (χ4v) is 3.04. The molecule has 1 saturated heterocycles. The third-order valence-corrected chi connectivity index (χ3v) is 4.44. The predicted molar refractivity (Wildman–Crippen MR) is 80.3 cm³/mol. The van der Waals surface area contributed by atoms with Gasteiger partial charge in [-0.3, -0.25) is 14.8 Å². The van der Waals surface area contributed by atoms with Crippen molar-refractivity contribution in [1.29, 1.82) is 0 Å². The van der Waals surface area contributed by atoms with Gasteiger partial charge in [0, 0.05) is 38.4 Å². The summed E-state index contributed by atoms with van der Waals surface area (Å²) in [5.74, 6) is 1.04. The smallest absolute Gasteiger partial charge is 0.270 e. The lowest BCUT2D eigenvalue weighted by Crippen LogP contribution is -2.48. The van der Waals surface area contributed by atoms with E-state index in [4.69, 9.17) is 0 Å². The third-order valence-electron chi connectivity index (χ3n) is 4.44. The maximum absolute atomic E-state index is 12.7. The van der Waals surface area contributed by atoms with E-state index in [-0.39, 0.29) is 5.91 Å². The normalized spacial score (nSPS) is 19.5. The Morgan fingerprint density at radius 1 is 1.27 bits per heavy atom. The van der Waals surface area contributed by atoms with Crippen LogP contribution in [0.25, 0.3) is 0 Å². The molecule has 1 amide bonds. The summed E-state index contributed by atoms with van der Waals surface area (Å²) in [6.07, 6.45) is 5.95. The first-order chi connectivity index (χ1) is 10.8. The maximum atomic E-state index is 12.7. The molecule has 116 valence electrons. The van der Waals surface area contributed by atoms with Crippen molar-refractivity contribution in [3.63, 3.8) is 0 Å². The van der Waals surface area contributed by atoms with Crippen LogP contribution in [0.1, 0.15) is 35.2 Å². The van der Waals surface area contributed by atoms with Crippen LogP contribution in [0.2, 0.25) is 0 Å². The van der Waals surface area contributed by atoms with Crippen molar-refractivity contribution >= 4 is 5.91 Å². The number of nitrogens with one attached hydrogen (secondary N) is 1. The summed E-state index contributed by atoms with van der Waals surface area (Å²) in [5.41, 5.74) is 0.839. The molecule has 1 saturated carbocycles. The molecule has 2 fully saturated rings. The Bertz CT molecular complexity index is 637. The van der Waals surface area contributed by atoms with Gasteiger partial charge in [-0.2, -0.15) is 5.10 Å². The SMILES string of the molecule is O=C(c1cccn1C1CC1)N1CCN(Cc2ncn[nH]2)CC1. The minimum absolute atomic E-state index is 0.163. The second-order valence-corrected chi connectivity index (χ2v) is 6.03. The van der Waals surface area contributed by atoms with Crippen LogP contribution in [0.4, 0.5) is 0 Å². The monoisotopic (exact) mass is 300 g/mol. The second-order valence-electron chi connectivity index (χ2n) is 6.03. The average molecular weight is 300 g/mol. The van der Waals surface area contributed by atoms with Gasteiger partial charge in [0.25, 0.3) is 5.91 Å². The molecule has 1 aliphatic heterocycles. The van der Waals surface area contributed by atoms with Gasteiger partial charge in [-0.25, -0.2) is 4.98 Å². The lowest BCUT2D eigenvalue weighted by molar-refractivity contribution is 0.0615. The summed E-state index contributed by atoms with van der Waals surface area (Å²) in [7, 11) is 0. The first-order valence-electron chi connectivity index (χ1n) is 7.84. The Morgan fingerprint density at radius 2 is 2.09 bits per heavy atom. The minimum Gasteiger partial charge on any atom is -0.340 e. The number of hydrogen-bond acceptors (Lipinski definition) is 4. The molecule has 7 heteroatoms. The van der Waals surface area contributed by atoms with Crippen molar-refractivity contribution in [3.05, 3.63) is 36.2 Å². The molecule has 7 nitrogen and oxygen atoms in total. The minimum atomic E-state index is 0.163. The van der Waals surface area contributed by atoms with Crippen LogP contribution in [0.3, 0.4) is 0 Å². The highest BCUT2D eigenvalue weighted by atomic mass is 16.2. The van der Waals surface area contributed by atoms with E-state index in [1.165, 1.54) is 19.2 Å². The number of H-pyrrole nitrogens is 1. The highest BCUT2D eigenvalue weighted by Crippen LogP contribution is 2.36. The number of rotatable bonds is 4. The number of nitrogens with zero attached hydrogens (tertiary/aromatic N) is 5. The van der Waals surface area contributed by atoms with Crippen molar-refractivity contribution in [2.24, 2.45) is 0 Å². The van der Waals surface area contributed by atoms with Gasteiger partial charge in [0.2, 0.25) is 0 Å². The Balaban J connectivity index is 1.36. The Hall–Kier alpha value is -2.15. The highest BCUT2D eigenvalue weighted by Gasteiger charge is 2.29. The Labute approximate surface area is 128 Å². The zero-order chi connectivity index (χ0) is 14.9. The third kappa shape index (κ3) is 2.64. The van der Waals surface area contributed by atoms with E-state index < -0.39 is 0 Å². The molecule has 0 atom stereocenters. The van der Waals surface area contributed by atoms with Gasteiger partial charge in [0.1, 0.15) is 17.8 Å². The summed E-state index contributed by atoms with van der Waals surface area (Å²) < 4.78 is 2.14. The van der Waals surface area contributed by atoms with Crippen LogP contribution >= 0.6 is 0 Å². The van der Waals surface area contributed by atoms with Gasteiger partial charge >= 0.3 is 0 Å². The molecular weight excluding hydrogens is 280 g/mol. The average Bonchev–Trinajstić information content (AvgIpc) is 3.06. The molecule has 4 rings (SSSR count). The molecule has 2 aromatic heterocycles. The summed E-state index contributed by atoms with van der Waals surface area (Å²) in [4.78, 5) is 21.1. The number of aromatic nitrogens is 4. The lowest BCUT2D eigenvalue weighted by Gasteiger charge is -2.34. The topological polar surface area (TPSA) is 70.1 Å². The van der Waals surface area contributed by atoms with E-state index in [9.17, 15) is 4.79 Å². The quantitative estimate of drug-likeness (QED) is 0.911. The number of amides is 1. The Kier molecular flexibility index (Phi) is 3.42. The zero-order valence-electron chi connectivity index (χ0n) is 12.5. The van der Waals surface area contributed by atoms with Crippen molar-refractivity contribution in [2.75, 3.05) is 26.2 Å². The van der Waals surface area contributed by atoms with Crippen LogP contribution < -0.4 is 0 Å². The van der Waals surface area contributed by atoms with Crippen LogP contribution in [0, 0.1) is 0 Å². The molecule has 0 unspecified atom stereocenters. The highest BCUT2D eigenvalue weighted by molar-refractivity contribution is 5.93. The number of hydrogen-bond donors (Lipinski definition) is 1. The van der Waals surface area contributed by atoms with E-state index in [0.29, 0.717) is 6.04 Å². The number of carbonyl (C=O) groups excluding carboxylic acids is 1. The predicted octanol–water partition coefficient (Wildman–Crippen LogP) is 0.899. The van der Waals surface area contributed by atoms with Gasteiger partial charge in [0.05, 0.1) is 6.54 Å². The largest absolute Gasteiger partial charge is 0.340 e. The zero-order valence-corrected chi connectivity index (χ0v) is 12.5. The second kappa shape index (κ2) is 5.57. The molecule has 1 aliphatic carbocycles. The van der Waals surface area contributed by atoms with Gasteiger partial charge in [-0.15, -0.1) is 0 Å². The van der Waals surface area contributed by atoms with Crippen LogP contribution in [0.5, 0.6) is 0 Å². The van der Waals surface area contributed by atoms with Gasteiger partial charge in [-0.1, -0.05) is 0 Å². The summed E-state index contributed by atoms with van der Waals surface area (Å²) in [6.45, 7) is 4.04. The number of aromatic amines is 1. The first kappa shape index (κ1) is 13.5. The van der Waals surface area contributed by atoms with Crippen molar-refractivity contribution in [1.82, 2.24) is 29.5 Å². The fourth-order valence-electron chi connectivity index (χ4n) is 3.04. The fraction of sp³-hybridized carbons (Fsp3) is 0.533. The van der Waals surface area contributed by atoms with Gasteiger partial charge in [-0.05, 0) is 25.0 Å². The molecule has 2 aromatic rings. The molecule has 1 N–H and O–H groups in total. The molecule has 0 aromatic carbocycles. The number of piperazine rings is 1. The van der Waals surface area contributed by atoms with E-state index in [1.807, 2.05) is 23.2 Å². The van der Waals surface area contributed by atoms with Crippen molar-refractivity contribution < 1.29 is 4.79 Å². The molecule has 0 radical (unpaired) electrons. The first-order valence-corrected chi connectivity index (χ1v) is 7.84. The summed E-state index contributed by atoms with van der Waals surface area (Å²) >= 11 is 0. The van der Waals surface area contributed by atoms with Gasteiger partial charge in [0.15, 0.2) is 0 Å². The molecular formula is C15H20N6O. The molecule has 0 bridgehead atoms. The van der Waals surface area contributed by atoms with Crippen molar-refractivity contribution in [2.45, 2.75) is 25.4 Å². The maximum Gasteiger partial charge on any atom is 0.270 e. The van der Waals surface area contributed by atoms with Crippen molar-refractivity contribution in [3.8, 4) is 0 Å². The van der Waals surface area contributed by atoms with Crippen LogP contribution in [-0.2, 0) is 6.54 Å². The molecule has 2 aliphatic rings. The summed E-state index contributed by atoms with van der Waals surface area (Å²) in [5, 5.41) is 6.75. The van der Waals surface area contributed by atoms with E-state index >= 15 is 0 Å². The van der Waals surface area contributed by atoms with Crippen LogP contribution in [0.15, 0.2) is 24.7 Å². The number of carbonyl (C=O) groups is 1. The van der Waals surface area contributed by atoms with E-state index in [0.717, 1.165) is 44.2 Å². The molecule has 3 heterocycles. The Morgan fingerprint density at radius 3 is 2.77 bits per heavy atom. The summed E-state index contributed by atoms with van der Waals surface area (Å²) in [6, 6.07) is 4.47. The van der Waals surface area contributed by atoms with Gasteiger partial charge < -0.3 is 9.47 Å².